The third-order valence-corrected chi connectivity index (χ3v) is 4.37. The fraction of sp³-hybridized carbons (Fsp3) is 0.688. The van der Waals surface area contributed by atoms with Gasteiger partial charge in [0, 0.05) is 38.8 Å². The molecule has 2 fully saturated rings. The number of hydrogen-bond donors (Lipinski definition) is 1. The zero-order valence-electron chi connectivity index (χ0n) is 13.8. The highest BCUT2D eigenvalue weighted by Gasteiger charge is 2.41. The van der Waals surface area contributed by atoms with Crippen LogP contribution in [0.5, 0.6) is 0 Å². The van der Waals surface area contributed by atoms with Gasteiger partial charge in [-0.2, -0.15) is 5.10 Å². The molecule has 2 saturated heterocycles. The summed E-state index contributed by atoms with van der Waals surface area (Å²) in [6, 6.07) is -0.597. The lowest BCUT2D eigenvalue weighted by Gasteiger charge is -2.21. The van der Waals surface area contributed by atoms with Crippen LogP contribution < -0.4 is 5.32 Å². The molecule has 0 saturated carbocycles. The third kappa shape index (κ3) is 3.39. The Hall–Kier alpha value is -1.89. The predicted molar refractivity (Wildman–Crippen MR) is 82.0 cm³/mol. The lowest BCUT2D eigenvalue weighted by atomic mass is 9.93. The summed E-state index contributed by atoms with van der Waals surface area (Å²) in [6.45, 7) is 5.06. The van der Waals surface area contributed by atoms with E-state index in [2.05, 4.69) is 10.4 Å². The number of nitrogens with one attached hydrogen (secondary N) is 1. The van der Waals surface area contributed by atoms with Crippen molar-refractivity contribution in [1.82, 2.24) is 15.1 Å². The van der Waals surface area contributed by atoms with Gasteiger partial charge in [0.05, 0.1) is 11.3 Å². The zero-order valence-corrected chi connectivity index (χ0v) is 13.8. The van der Waals surface area contributed by atoms with Crippen LogP contribution in [-0.2, 0) is 21.3 Å². The molecule has 1 aromatic rings. The molecule has 126 valence electrons. The van der Waals surface area contributed by atoms with Gasteiger partial charge in [0.2, 0.25) is 0 Å². The zero-order chi connectivity index (χ0) is 16.6. The number of nitrogens with zero attached hydrogens (tertiary/aromatic N) is 2. The SMILES string of the molecule is Cn1cc(C(=O)NC2CC(C)(C)OC2=O)c(C2CCOCC2)n1. The number of hydrogen-bond acceptors (Lipinski definition) is 5. The van der Waals surface area contributed by atoms with E-state index in [4.69, 9.17) is 9.47 Å². The summed E-state index contributed by atoms with van der Waals surface area (Å²) in [5.74, 6) is -0.420. The Kier molecular flexibility index (Phi) is 4.14. The van der Waals surface area contributed by atoms with Crippen LogP contribution in [0, 0.1) is 0 Å². The second kappa shape index (κ2) is 5.96. The lowest BCUT2D eigenvalue weighted by Crippen LogP contribution is -2.38. The fourth-order valence-corrected chi connectivity index (χ4v) is 3.26. The third-order valence-electron chi connectivity index (χ3n) is 4.37. The summed E-state index contributed by atoms with van der Waals surface area (Å²) in [4.78, 5) is 24.5. The summed E-state index contributed by atoms with van der Waals surface area (Å²) < 4.78 is 12.3. The Labute approximate surface area is 135 Å². The normalized spacial score (nSPS) is 24.5. The first kappa shape index (κ1) is 16.0. The van der Waals surface area contributed by atoms with Crippen molar-refractivity contribution in [3.63, 3.8) is 0 Å². The molecule has 2 aliphatic heterocycles. The molecule has 3 heterocycles. The van der Waals surface area contributed by atoms with Gasteiger partial charge in [0.15, 0.2) is 0 Å². The molecule has 0 aliphatic carbocycles. The smallest absolute Gasteiger partial charge is 0.329 e. The molecule has 0 bridgehead atoms. The maximum absolute atomic E-state index is 12.6. The molecular weight excluding hydrogens is 298 g/mol. The number of esters is 1. The van der Waals surface area contributed by atoms with E-state index < -0.39 is 11.6 Å². The number of carbonyl (C=O) groups excluding carboxylic acids is 2. The molecule has 2 aliphatic rings. The average Bonchev–Trinajstić information content (AvgIpc) is 2.99. The summed E-state index contributed by atoms with van der Waals surface area (Å²) in [5.41, 5.74) is 0.795. The van der Waals surface area contributed by atoms with Crippen molar-refractivity contribution in [1.29, 1.82) is 0 Å². The number of cyclic esters (lactones) is 1. The summed E-state index contributed by atoms with van der Waals surface area (Å²) in [5, 5.41) is 7.26. The Morgan fingerprint density at radius 2 is 2.09 bits per heavy atom. The minimum absolute atomic E-state index is 0.220. The Balaban J connectivity index is 1.76. The minimum atomic E-state index is -0.597. The number of rotatable bonds is 3. The van der Waals surface area contributed by atoms with E-state index >= 15 is 0 Å². The van der Waals surface area contributed by atoms with E-state index in [0.717, 1.165) is 18.5 Å². The molecule has 1 atom stereocenters. The van der Waals surface area contributed by atoms with Crippen LogP contribution in [0.15, 0.2) is 6.20 Å². The van der Waals surface area contributed by atoms with Crippen molar-refractivity contribution >= 4 is 11.9 Å². The van der Waals surface area contributed by atoms with Gasteiger partial charge in [-0.05, 0) is 26.7 Å². The molecule has 0 radical (unpaired) electrons. The van der Waals surface area contributed by atoms with E-state index in [1.54, 1.807) is 17.9 Å². The highest BCUT2D eigenvalue weighted by atomic mass is 16.6. The van der Waals surface area contributed by atoms with Crippen LogP contribution in [0.1, 0.15) is 55.1 Å². The topological polar surface area (TPSA) is 82.5 Å². The average molecular weight is 321 g/mol. The maximum Gasteiger partial charge on any atom is 0.329 e. The molecule has 1 N–H and O–H groups in total. The number of carbonyl (C=O) groups is 2. The molecule has 0 aromatic carbocycles. The van der Waals surface area contributed by atoms with Gasteiger partial charge in [-0.15, -0.1) is 0 Å². The van der Waals surface area contributed by atoms with Crippen LogP contribution in [0.3, 0.4) is 0 Å². The van der Waals surface area contributed by atoms with Gasteiger partial charge in [-0.1, -0.05) is 0 Å². The molecule has 1 unspecified atom stereocenters. The van der Waals surface area contributed by atoms with E-state index in [0.29, 0.717) is 25.2 Å². The van der Waals surface area contributed by atoms with E-state index in [1.165, 1.54) is 0 Å². The number of amides is 1. The molecular formula is C16H23N3O4. The van der Waals surface area contributed by atoms with Gasteiger partial charge >= 0.3 is 5.97 Å². The standard InChI is InChI=1S/C16H23N3O4/c1-16(2)8-12(15(21)23-16)17-14(20)11-9-19(3)18-13(11)10-4-6-22-7-5-10/h9-10,12H,4-8H2,1-3H3,(H,17,20). The first-order valence-corrected chi connectivity index (χ1v) is 8.01. The number of aromatic nitrogens is 2. The molecule has 1 aromatic heterocycles. The largest absolute Gasteiger partial charge is 0.458 e. The molecule has 7 nitrogen and oxygen atoms in total. The lowest BCUT2D eigenvalue weighted by molar-refractivity contribution is -0.147. The Bertz CT molecular complexity index is 617. The second-order valence-corrected chi connectivity index (χ2v) is 6.90. The van der Waals surface area contributed by atoms with Crippen LogP contribution in [0.2, 0.25) is 0 Å². The van der Waals surface area contributed by atoms with Crippen LogP contribution in [-0.4, -0.2) is 46.5 Å². The van der Waals surface area contributed by atoms with Gasteiger partial charge in [-0.25, -0.2) is 4.79 Å². The van der Waals surface area contributed by atoms with Gasteiger partial charge in [0.25, 0.3) is 5.91 Å². The minimum Gasteiger partial charge on any atom is -0.458 e. The predicted octanol–water partition coefficient (Wildman–Crippen LogP) is 1.14. The van der Waals surface area contributed by atoms with Crippen molar-refractivity contribution in [2.45, 2.75) is 50.7 Å². The Morgan fingerprint density at radius 3 is 2.70 bits per heavy atom. The summed E-state index contributed by atoms with van der Waals surface area (Å²) >= 11 is 0. The molecule has 23 heavy (non-hydrogen) atoms. The van der Waals surface area contributed by atoms with Crippen molar-refractivity contribution < 1.29 is 19.1 Å². The first-order chi connectivity index (χ1) is 10.9. The number of aryl methyl sites for hydroxylation is 1. The molecule has 1 amide bonds. The number of ether oxygens (including phenoxy) is 2. The quantitative estimate of drug-likeness (QED) is 0.844. The van der Waals surface area contributed by atoms with Crippen molar-refractivity contribution in [3.8, 4) is 0 Å². The second-order valence-electron chi connectivity index (χ2n) is 6.90. The van der Waals surface area contributed by atoms with Gasteiger partial charge in [0.1, 0.15) is 11.6 Å². The van der Waals surface area contributed by atoms with Crippen molar-refractivity contribution in [3.05, 3.63) is 17.5 Å². The highest BCUT2D eigenvalue weighted by Crippen LogP contribution is 2.29. The van der Waals surface area contributed by atoms with Gasteiger partial charge < -0.3 is 14.8 Å². The molecule has 3 rings (SSSR count). The first-order valence-electron chi connectivity index (χ1n) is 8.01. The monoisotopic (exact) mass is 321 g/mol. The van der Waals surface area contributed by atoms with Crippen LogP contribution in [0.25, 0.3) is 0 Å². The Morgan fingerprint density at radius 1 is 1.39 bits per heavy atom. The van der Waals surface area contributed by atoms with Crippen LogP contribution >= 0.6 is 0 Å². The van der Waals surface area contributed by atoms with Crippen LogP contribution in [0.4, 0.5) is 0 Å². The highest BCUT2D eigenvalue weighted by molar-refractivity contribution is 5.98. The van der Waals surface area contributed by atoms with E-state index in [-0.39, 0.29) is 17.8 Å². The fourth-order valence-electron chi connectivity index (χ4n) is 3.26. The van der Waals surface area contributed by atoms with E-state index in [9.17, 15) is 9.59 Å². The van der Waals surface area contributed by atoms with Gasteiger partial charge in [-0.3, -0.25) is 9.48 Å². The summed E-state index contributed by atoms with van der Waals surface area (Å²) in [7, 11) is 1.80. The summed E-state index contributed by atoms with van der Waals surface area (Å²) in [6.07, 6.45) is 3.90. The van der Waals surface area contributed by atoms with Crippen molar-refractivity contribution in [2.75, 3.05) is 13.2 Å². The van der Waals surface area contributed by atoms with E-state index in [1.807, 2.05) is 13.8 Å². The van der Waals surface area contributed by atoms with Crippen molar-refractivity contribution in [2.24, 2.45) is 7.05 Å². The molecule has 0 spiro atoms. The maximum atomic E-state index is 12.6. The molecule has 7 heteroatoms.